The highest BCUT2D eigenvalue weighted by molar-refractivity contribution is 8.13. The van der Waals surface area contributed by atoms with Crippen LogP contribution < -0.4 is 0 Å². The molecule has 1 rings (SSSR count). The molecule has 0 aliphatic rings. The molecule has 0 aliphatic carbocycles. The van der Waals surface area contributed by atoms with Crippen LogP contribution in [0.3, 0.4) is 0 Å². The van der Waals surface area contributed by atoms with E-state index in [1.54, 1.807) is 6.07 Å². The first-order valence-corrected chi connectivity index (χ1v) is 7.02. The molecule has 0 saturated heterocycles. The Labute approximate surface area is 104 Å². The van der Waals surface area contributed by atoms with E-state index >= 15 is 0 Å². The standard InChI is InChI=1S/C11H10O4S2/c1-9(12)16-8-4-6-10-5-2-3-7-11(10)17(13,14)15/h2-3,5,7H,8H2,1H3,(H,13,14,15). The average molecular weight is 270 g/mol. The molecule has 0 atom stereocenters. The fraction of sp³-hybridized carbons (Fsp3) is 0.182. The lowest BCUT2D eigenvalue weighted by atomic mass is 10.2. The van der Waals surface area contributed by atoms with Crippen LogP contribution in [0.15, 0.2) is 29.2 Å². The van der Waals surface area contributed by atoms with Crippen molar-refractivity contribution in [1.29, 1.82) is 0 Å². The zero-order valence-corrected chi connectivity index (χ0v) is 10.6. The number of hydrogen-bond acceptors (Lipinski definition) is 4. The van der Waals surface area contributed by atoms with E-state index in [4.69, 9.17) is 4.55 Å². The summed E-state index contributed by atoms with van der Waals surface area (Å²) in [7, 11) is -4.26. The second kappa shape index (κ2) is 5.87. The summed E-state index contributed by atoms with van der Waals surface area (Å²) in [5, 5.41) is -0.0534. The van der Waals surface area contributed by atoms with E-state index in [0.29, 0.717) is 0 Å². The summed E-state index contributed by atoms with van der Waals surface area (Å²) >= 11 is 1.04. The Morgan fingerprint density at radius 1 is 1.41 bits per heavy atom. The van der Waals surface area contributed by atoms with E-state index in [2.05, 4.69) is 11.8 Å². The molecule has 0 fully saturated rings. The summed E-state index contributed by atoms with van der Waals surface area (Å²) in [5.41, 5.74) is 0.221. The average Bonchev–Trinajstić information content (AvgIpc) is 2.23. The van der Waals surface area contributed by atoms with Crippen LogP contribution in [0.1, 0.15) is 12.5 Å². The Morgan fingerprint density at radius 3 is 2.65 bits per heavy atom. The van der Waals surface area contributed by atoms with Gasteiger partial charge in [0.2, 0.25) is 0 Å². The maximum Gasteiger partial charge on any atom is 0.295 e. The van der Waals surface area contributed by atoms with Gasteiger partial charge in [0, 0.05) is 12.5 Å². The number of rotatable bonds is 2. The van der Waals surface area contributed by atoms with E-state index in [9.17, 15) is 13.2 Å². The molecule has 0 aromatic heterocycles. The maximum absolute atomic E-state index is 11.0. The van der Waals surface area contributed by atoms with E-state index in [1.807, 2.05) is 0 Å². The van der Waals surface area contributed by atoms with E-state index in [1.165, 1.54) is 25.1 Å². The topological polar surface area (TPSA) is 71.4 Å². The molecule has 0 amide bonds. The molecular formula is C11H10O4S2. The molecule has 0 saturated carbocycles. The fourth-order valence-electron chi connectivity index (χ4n) is 1.06. The molecule has 17 heavy (non-hydrogen) atoms. The van der Waals surface area contributed by atoms with Gasteiger partial charge in [-0.15, -0.1) is 0 Å². The van der Waals surface area contributed by atoms with Crippen LogP contribution in [-0.4, -0.2) is 23.8 Å². The van der Waals surface area contributed by atoms with Gasteiger partial charge in [0.1, 0.15) is 4.90 Å². The highest BCUT2D eigenvalue weighted by Gasteiger charge is 2.12. The Balaban J connectivity index is 2.96. The molecule has 1 N–H and O–H groups in total. The van der Waals surface area contributed by atoms with Crippen molar-refractivity contribution >= 4 is 27.0 Å². The van der Waals surface area contributed by atoms with E-state index in [0.717, 1.165) is 11.8 Å². The first kappa shape index (κ1) is 13.8. The van der Waals surface area contributed by atoms with Gasteiger partial charge in [0.05, 0.1) is 5.75 Å². The summed E-state index contributed by atoms with van der Waals surface area (Å²) in [6.07, 6.45) is 0. The van der Waals surface area contributed by atoms with Crippen molar-refractivity contribution in [2.75, 3.05) is 5.75 Å². The van der Waals surface area contributed by atoms with Gasteiger partial charge in [-0.3, -0.25) is 9.35 Å². The predicted molar refractivity (Wildman–Crippen MR) is 66.3 cm³/mol. The van der Waals surface area contributed by atoms with Crippen LogP contribution in [0.4, 0.5) is 0 Å². The minimum Gasteiger partial charge on any atom is -0.288 e. The van der Waals surface area contributed by atoms with Crippen molar-refractivity contribution in [2.24, 2.45) is 0 Å². The van der Waals surface area contributed by atoms with Crippen molar-refractivity contribution in [3.05, 3.63) is 29.8 Å². The molecule has 0 bridgehead atoms. The van der Waals surface area contributed by atoms with Gasteiger partial charge >= 0.3 is 0 Å². The molecule has 6 heteroatoms. The third-order valence-corrected chi connectivity index (χ3v) is 3.34. The van der Waals surface area contributed by atoms with Gasteiger partial charge < -0.3 is 0 Å². The molecular weight excluding hydrogens is 260 g/mol. The van der Waals surface area contributed by atoms with Gasteiger partial charge in [-0.25, -0.2) is 0 Å². The van der Waals surface area contributed by atoms with Gasteiger partial charge in [-0.05, 0) is 12.1 Å². The number of carbonyl (C=O) groups is 1. The van der Waals surface area contributed by atoms with Crippen LogP contribution in [0.2, 0.25) is 0 Å². The Bertz CT molecular complexity index is 579. The fourth-order valence-corrected chi connectivity index (χ4v) is 2.06. The van der Waals surface area contributed by atoms with Crippen LogP contribution >= 0.6 is 11.8 Å². The van der Waals surface area contributed by atoms with Gasteiger partial charge in [-0.2, -0.15) is 8.42 Å². The van der Waals surface area contributed by atoms with Crippen LogP contribution in [-0.2, 0) is 14.9 Å². The lowest BCUT2D eigenvalue weighted by molar-refractivity contribution is -0.109. The second-order valence-corrected chi connectivity index (χ2v) is 5.60. The molecule has 90 valence electrons. The number of thioether (sulfide) groups is 1. The quantitative estimate of drug-likeness (QED) is 0.652. The zero-order chi connectivity index (χ0) is 12.9. The lowest BCUT2D eigenvalue weighted by Crippen LogP contribution is -2.00. The minimum atomic E-state index is -4.26. The molecule has 4 nitrogen and oxygen atoms in total. The monoisotopic (exact) mass is 270 g/mol. The molecule has 0 spiro atoms. The van der Waals surface area contributed by atoms with Crippen LogP contribution in [0.25, 0.3) is 0 Å². The molecule has 0 unspecified atom stereocenters. The summed E-state index contributed by atoms with van der Waals surface area (Å²) < 4.78 is 31.0. The zero-order valence-electron chi connectivity index (χ0n) is 9.00. The summed E-state index contributed by atoms with van der Waals surface area (Å²) in [4.78, 5) is 10.4. The first-order valence-electron chi connectivity index (χ1n) is 4.60. The third kappa shape index (κ3) is 4.61. The minimum absolute atomic E-state index is 0.0534. The van der Waals surface area contributed by atoms with E-state index < -0.39 is 10.1 Å². The summed E-state index contributed by atoms with van der Waals surface area (Å²) in [6.45, 7) is 1.43. The third-order valence-electron chi connectivity index (χ3n) is 1.74. The maximum atomic E-state index is 11.0. The van der Waals surface area contributed by atoms with Gasteiger partial charge in [-0.1, -0.05) is 35.7 Å². The highest BCUT2D eigenvalue weighted by atomic mass is 32.2. The van der Waals surface area contributed by atoms with Crippen molar-refractivity contribution in [2.45, 2.75) is 11.8 Å². The van der Waals surface area contributed by atoms with Gasteiger partial charge in [0.15, 0.2) is 5.12 Å². The SMILES string of the molecule is CC(=O)SCC#Cc1ccccc1S(=O)(=O)O. The Kier molecular flexibility index (Phi) is 4.75. The van der Waals surface area contributed by atoms with Crippen molar-refractivity contribution in [3.63, 3.8) is 0 Å². The normalized spacial score (nSPS) is 10.5. The van der Waals surface area contributed by atoms with Gasteiger partial charge in [0.25, 0.3) is 10.1 Å². The largest absolute Gasteiger partial charge is 0.295 e. The Hall–Kier alpha value is -1.29. The smallest absolute Gasteiger partial charge is 0.288 e. The summed E-state index contributed by atoms with van der Waals surface area (Å²) in [5.74, 6) is 5.56. The number of carbonyl (C=O) groups excluding carboxylic acids is 1. The summed E-state index contributed by atoms with van der Waals surface area (Å²) in [6, 6.07) is 5.89. The van der Waals surface area contributed by atoms with Crippen LogP contribution in [0.5, 0.6) is 0 Å². The Morgan fingerprint density at radius 2 is 2.06 bits per heavy atom. The van der Waals surface area contributed by atoms with Crippen molar-refractivity contribution in [1.82, 2.24) is 0 Å². The first-order chi connectivity index (χ1) is 7.91. The van der Waals surface area contributed by atoms with Crippen LogP contribution in [0, 0.1) is 11.8 Å². The highest BCUT2D eigenvalue weighted by Crippen LogP contribution is 2.13. The number of hydrogen-bond donors (Lipinski definition) is 1. The molecule has 0 radical (unpaired) electrons. The van der Waals surface area contributed by atoms with Crippen molar-refractivity contribution in [3.8, 4) is 11.8 Å². The molecule has 0 heterocycles. The molecule has 1 aromatic carbocycles. The second-order valence-electron chi connectivity index (χ2n) is 3.05. The molecule has 1 aromatic rings. The molecule has 0 aliphatic heterocycles. The lowest BCUT2D eigenvalue weighted by Gasteiger charge is -1.99. The number of benzene rings is 1. The van der Waals surface area contributed by atoms with E-state index in [-0.39, 0.29) is 21.3 Å². The predicted octanol–water partition coefficient (Wildman–Crippen LogP) is 1.56. The van der Waals surface area contributed by atoms with Crippen molar-refractivity contribution < 1.29 is 17.8 Å².